The number of hydrogen-bond donors (Lipinski definition) is 1. The number of ether oxygens (including phenoxy) is 1. The summed E-state index contributed by atoms with van der Waals surface area (Å²) < 4.78 is 29.9. The van der Waals surface area contributed by atoms with Crippen molar-refractivity contribution in [2.45, 2.75) is 6.92 Å². The second kappa shape index (κ2) is 9.31. The van der Waals surface area contributed by atoms with Crippen LogP contribution in [0.5, 0.6) is 5.75 Å². The first-order valence-electron chi connectivity index (χ1n) is 9.71. The summed E-state index contributed by atoms with van der Waals surface area (Å²) in [5.41, 5.74) is 1.34. The first-order valence-corrected chi connectivity index (χ1v) is 11.6. The van der Waals surface area contributed by atoms with E-state index >= 15 is 0 Å². The molecule has 0 unspecified atom stereocenters. The van der Waals surface area contributed by atoms with Crippen molar-refractivity contribution < 1.29 is 22.9 Å². The molecule has 11 heteroatoms. The van der Waals surface area contributed by atoms with Crippen molar-refractivity contribution in [1.29, 1.82) is 0 Å². The minimum Gasteiger partial charge on any atom is -0.487 e. The van der Waals surface area contributed by atoms with Crippen molar-refractivity contribution in [2.24, 2.45) is 0 Å². The molecule has 0 aliphatic carbocycles. The molecule has 10 nitrogen and oxygen atoms in total. The van der Waals surface area contributed by atoms with E-state index in [1.54, 1.807) is 19.1 Å². The molecule has 1 aliphatic heterocycles. The van der Waals surface area contributed by atoms with E-state index < -0.39 is 20.9 Å². The van der Waals surface area contributed by atoms with Crippen LogP contribution < -0.4 is 15.0 Å². The van der Waals surface area contributed by atoms with Crippen LogP contribution in [0.3, 0.4) is 0 Å². The molecule has 1 amide bonds. The van der Waals surface area contributed by atoms with Gasteiger partial charge in [-0.05, 0) is 43.3 Å². The maximum Gasteiger partial charge on any atom is 0.311 e. The molecule has 0 atom stereocenters. The van der Waals surface area contributed by atoms with Crippen LogP contribution in [0.4, 0.5) is 17.1 Å². The molecular weight excluding hydrogens is 424 g/mol. The number of nitrogens with zero attached hydrogens (tertiary/aromatic N) is 3. The van der Waals surface area contributed by atoms with Gasteiger partial charge in [0.15, 0.2) is 5.75 Å². The van der Waals surface area contributed by atoms with Crippen LogP contribution in [0.1, 0.15) is 17.3 Å². The van der Waals surface area contributed by atoms with Crippen molar-refractivity contribution >= 4 is 33.0 Å². The Hall–Kier alpha value is -3.18. The van der Waals surface area contributed by atoms with E-state index in [9.17, 15) is 23.3 Å². The van der Waals surface area contributed by atoms with E-state index in [4.69, 9.17) is 4.74 Å². The standard InChI is InChI=1S/C20H24N4O6S/c1-3-30-19-9-4-15(14-18(19)24(26)27)20(25)21-16-5-7-17(8-6-16)22-10-12-23(13-11-22)31(2,28)29/h4-9,14H,3,10-13H2,1-2H3,(H,21,25). The van der Waals surface area contributed by atoms with Crippen LogP contribution in [0.25, 0.3) is 0 Å². The van der Waals surface area contributed by atoms with Gasteiger partial charge in [0.05, 0.1) is 17.8 Å². The molecule has 3 rings (SSSR count). The molecule has 1 heterocycles. The average Bonchev–Trinajstić information content (AvgIpc) is 2.74. The van der Waals surface area contributed by atoms with Crippen LogP contribution >= 0.6 is 0 Å². The van der Waals surface area contributed by atoms with Gasteiger partial charge in [-0.1, -0.05) is 0 Å². The SMILES string of the molecule is CCOc1ccc(C(=O)Nc2ccc(N3CCN(S(C)(=O)=O)CC3)cc2)cc1[N+](=O)[O-]. The van der Waals surface area contributed by atoms with Crippen molar-refractivity contribution in [3.05, 3.63) is 58.1 Å². The molecular formula is C20H24N4O6S. The maximum atomic E-state index is 12.5. The molecule has 0 aromatic heterocycles. The molecule has 1 N–H and O–H groups in total. The molecule has 1 fully saturated rings. The largest absolute Gasteiger partial charge is 0.487 e. The second-order valence-electron chi connectivity index (χ2n) is 7.02. The molecule has 166 valence electrons. The van der Waals surface area contributed by atoms with Crippen molar-refractivity contribution in [1.82, 2.24) is 4.31 Å². The predicted octanol–water partition coefficient (Wildman–Crippen LogP) is 2.33. The Morgan fingerprint density at radius 1 is 1.13 bits per heavy atom. The van der Waals surface area contributed by atoms with Gasteiger partial charge in [0.1, 0.15) is 0 Å². The highest BCUT2D eigenvalue weighted by Gasteiger charge is 2.23. The minimum absolute atomic E-state index is 0.115. The summed E-state index contributed by atoms with van der Waals surface area (Å²) in [6.45, 7) is 4.01. The molecule has 0 spiro atoms. The number of carbonyl (C=O) groups is 1. The monoisotopic (exact) mass is 448 g/mol. The topological polar surface area (TPSA) is 122 Å². The van der Waals surface area contributed by atoms with Gasteiger partial charge in [0.2, 0.25) is 10.0 Å². The lowest BCUT2D eigenvalue weighted by Crippen LogP contribution is -2.48. The molecule has 1 aliphatic rings. The van der Waals surface area contributed by atoms with Gasteiger partial charge < -0.3 is 15.0 Å². The van der Waals surface area contributed by atoms with Gasteiger partial charge in [-0.25, -0.2) is 8.42 Å². The van der Waals surface area contributed by atoms with Crippen LogP contribution in [0.2, 0.25) is 0 Å². The van der Waals surface area contributed by atoms with Crippen LogP contribution in [-0.4, -0.2) is 62.6 Å². The quantitative estimate of drug-likeness (QED) is 0.509. The molecule has 2 aromatic rings. The highest BCUT2D eigenvalue weighted by Crippen LogP contribution is 2.28. The van der Waals surface area contributed by atoms with E-state index in [0.717, 1.165) is 5.69 Å². The normalized spacial score (nSPS) is 14.8. The number of benzene rings is 2. The number of hydrogen-bond acceptors (Lipinski definition) is 7. The Morgan fingerprint density at radius 2 is 1.77 bits per heavy atom. The summed E-state index contributed by atoms with van der Waals surface area (Å²) in [5.74, 6) is -0.356. The Kier molecular flexibility index (Phi) is 6.76. The zero-order valence-electron chi connectivity index (χ0n) is 17.3. The summed E-state index contributed by atoms with van der Waals surface area (Å²) >= 11 is 0. The third-order valence-corrected chi connectivity index (χ3v) is 6.22. The molecule has 2 aromatic carbocycles. The fourth-order valence-corrected chi connectivity index (χ4v) is 4.14. The lowest BCUT2D eigenvalue weighted by Gasteiger charge is -2.34. The highest BCUT2D eigenvalue weighted by molar-refractivity contribution is 7.88. The first-order chi connectivity index (χ1) is 14.7. The third-order valence-electron chi connectivity index (χ3n) is 4.92. The molecule has 0 bridgehead atoms. The fourth-order valence-electron chi connectivity index (χ4n) is 3.32. The lowest BCUT2D eigenvalue weighted by atomic mass is 10.1. The Bertz CT molecular complexity index is 1060. The average molecular weight is 449 g/mol. The summed E-state index contributed by atoms with van der Waals surface area (Å²) in [4.78, 5) is 25.3. The lowest BCUT2D eigenvalue weighted by molar-refractivity contribution is -0.385. The van der Waals surface area contributed by atoms with Gasteiger partial charge in [-0.2, -0.15) is 4.31 Å². The summed E-state index contributed by atoms with van der Waals surface area (Å²) in [5, 5.41) is 14.0. The smallest absolute Gasteiger partial charge is 0.311 e. The number of piperazine rings is 1. The summed E-state index contributed by atoms with van der Waals surface area (Å²) in [7, 11) is -3.18. The van der Waals surface area contributed by atoms with E-state index in [1.807, 2.05) is 12.1 Å². The molecule has 31 heavy (non-hydrogen) atoms. The summed E-state index contributed by atoms with van der Waals surface area (Å²) in [6.07, 6.45) is 1.21. The first kappa shape index (κ1) is 22.5. The third kappa shape index (κ3) is 5.50. The van der Waals surface area contributed by atoms with Crippen LogP contribution in [0, 0.1) is 10.1 Å². The minimum atomic E-state index is -3.18. The maximum absolute atomic E-state index is 12.5. The summed E-state index contributed by atoms with van der Waals surface area (Å²) in [6, 6.07) is 11.2. The van der Waals surface area contributed by atoms with Gasteiger partial charge in [-0.3, -0.25) is 14.9 Å². The number of nitro groups is 1. The van der Waals surface area contributed by atoms with E-state index in [2.05, 4.69) is 10.2 Å². The van der Waals surface area contributed by atoms with Crippen LogP contribution in [-0.2, 0) is 10.0 Å². The van der Waals surface area contributed by atoms with E-state index in [1.165, 1.54) is 28.8 Å². The second-order valence-corrected chi connectivity index (χ2v) is 9.01. The zero-order chi connectivity index (χ0) is 22.6. The molecule has 0 saturated carbocycles. The fraction of sp³-hybridized carbons (Fsp3) is 0.350. The number of anilines is 2. The highest BCUT2D eigenvalue weighted by atomic mass is 32.2. The zero-order valence-corrected chi connectivity index (χ0v) is 18.1. The van der Waals surface area contributed by atoms with Gasteiger partial charge >= 0.3 is 5.69 Å². The Morgan fingerprint density at radius 3 is 2.32 bits per heavy atom. The number of amides is 1. The van der Waals surface area contributed by atoms with E-state index in [0.29, 0.717) is 31.9 Å². The number of rotatable bonds is 7. The number of sulfonamides is 1. The van der Waals surface area contributed by atoms with Gasteiger partial charge in [0.25, 0.3) is 5.91 Å². The van der Waals surface area contributed by atoms with Crippen molar-refractivity contribution in [2.75, 3.05) is 49.3 Å². The van der Waals surface area contributed by atoms with Gasteiger partial charge in [-0.15, -0.1) is 0 Å². The van der Waals surface area contributed by atoms with Crippen molar-refractivity contribution in [3.63, 3.8) is 0 Å². The van der Waals surface area contributed by atoms with E-state index in [-0.39, 0.29) is 23.6 Å². The Balaban J connectivity index is 1.66. The van der Waals surface area contributed by atoms with Gasteiger partial charge in [0, 0.05) is 49.2 Å². The number of nitrogens with one attached hydrogen (secondary N) is 1. The molecule has 1 saturated heterocycles. The molecule has 0 radical (unpaired) electrons. The predicted molar refractivity (Wildman–Crippen MR) is 117 cm³/mol. The van der Waals surface area contributed by atoms with Crippen molar-refractivity contribution in [3.8, 4) is 5.75 Å². The number of nitro benzene ring substituents is 1. The van der Waals surface area contributed by atoms with Crippen LogP contribution in [0.15, 0.2) is 42.5 Å². The Labute approximate surface area is 180 Å². The number of carbonyl (C=O) groups excluding carboxylic acids is 1.